The number of nitrogens with zero attached hydrogens (tertiary/aromatic N) is 4. The van der Waals surface area contributed by atoms with Gasteiger partial charge in [0.05, 0.1) is 5.52 Å². The first kappa shape index (κ1) is 17.9. The average Bonchev–Trinajstić information content (AvgIpc) is 3.17. The second-order valence-electron chi connectivity index (χ2n) is 7.41. The van der Waals surface area contributed by atoms with Gasteiger partial charge in [-0.1, -0.05) is 31.1 Å². The standard InChI is InChI=1S/C20H25N5O2/c1-12(2)18-24-20(27-25-18)17(14-7-9-26-10-8-14)23-19-15-6-4-5-13(3)16(15)21-11-22-19/h4-6,11-12,14,17H,7-10H2,1-3H3,(H,21,22,23). The predicted molar refractivity (Wildman–Crippen MR) is 103 cm³/mol. The van der Waals surface area contributed by atoms with Gasteiger partial charge in [-0.2, -0.15) is 4.98 Å². The summed E-state index contributed by atoms with van der Waals surface area (Å²) >= 11 is 0. The van der Waals surface area contributed by atoms with E-state index in [-0.39, 0.29) is 12.0 Å². The summed E-state index contributed by atoms with van der Waals surface area (Å²) in [5.74, 6) is 2.70. The fourth-order valence-electron chi connectivity index (χ4n) is 3.54. The Labute approximate surface area is 158 Å². The summed E-state index contributed by atoms with van der Waals surface area (Å²) in [5, 5.41) is 8.74. The molecule has 3 aromatic rings. The maximum Gasteiger partial charge on any atom is 0.249 e. The topological polar surface area (TPSA) is 86.0 Å². The van der Waals surface area contributed by atoms with Crippen LogP contribution in [0.15, 0.2) is 29.0 Å². The number of fused-ring (bicyclic) bond motifs is 1. The van der Waals surface area contributed by atoms with Crippen molar-refractivity contribution in [3.05, 3.63) is 41.8 Å². The fraction of sp³-hybridized carbons (Fsp3) is 0.500. The van der Waals surface area contributed by atoms with Gasteiger partial charge in [0.15, 0.2) is 5.82 Å². The van der Waals surface area contributed by atoms with Crippen LogP contribution < -0.4 is 5.32 Å². The van der Waals surface area contributed by atoms with Crippen LogP contribution in [0.5, 0.6) is 0 Å². The number of nitrogens with one attached hydrogen (secondary N) is 1. The zero-order valence-corrected chi connectivity index (χ0v) is 16.0. The van der Waals surface area contributed by atoms with E-state index in [2.05, 4.69) is 52.3 Å². The molecule has 0 spiro atoms. The van der Waals surface area contributed by atoms with E-state index in [1.165, 1.54) is 0 Å². The van der Waals surface area contributed by atoms with Crippen molar-refractivity contribution < 1.29 is 9.26 Å². The summed E-state index contributed by atoms with van der Waals surface area (Å²) in [6, 6.07) is 6.02. The van der Waals surface area contributed by atoms with Crippen LogP contribution in [-0.4, -0.2) is 33.3 Å². The number of hydrogen-bond donors (Lipinski definition) is 1. The monoisotopic (exact) mass is 367 g/mol. The number of ether oxygens (including phenoxy) is 1. The Morgan fingerprint density at radius 3 is 2.70 bits per heavy atom. The molecule has 0 aliphatic carbocycles. The predicted octanol–water partition coefficient (Wildman–Crippen LogP) is 4.02. The molecule has 0 bridgehead atoms. The number of anilines is 1. The number of benzene rings is 1. The number of aromatic nitrogens is 4. The molecule has 1 aromatic carbocycles. The molecule has 1 saturated heterocycles. The van der Waals surface area contributed by atoms with E-state index in [9.17, 15) is 0 Å². The maximum absolute atomic E-state index is 5.64. The highest BCUT2D eigenvalue weighted by Gasteiger charge is 2.31. The smallest absolute Gasteiger partial charge is 0.249 e. The number of rotatable bonds is 5. The van der Waals surface area contributed by atoms with E-state index in [4.69, 9.17) is 9.26 Å². The van der Waals surface area contributed by atoms with Gasteiger partial charge in [0.1, 0.15) is 18.2 Å². The number of hydrogen-bond acceptors (Lipinski definition) is 7. The second kappa shape index (κ2) is 7.60. The van der Waals surface area contributed by atoms with Crippen molar-refractivity contribution >= 4 is 16.7 Å². The molecule has 142 valence electrons. The van der Waals surface area contributed by atoms with Crippen LogP contribution >= 0.6 is 0 Å². The van der Waals surface area contributed by atoms with E-state index in [1.807, 2.05) is 12.1 Å². The van der Waals surface area contributed by atoms with E-state index < -0.39 is 0 Å². The zero-order chi connectivity index (χ0) is 18.8. The quantitative estimate of drug-likeness (QED) is 0.728. The van der Waals surface area contributed by atoms with E-state index in [0.717, 1.165) is 54.2 Å². The molecule has 4 rings (SSSR count). The molecule has 7 heteroatoms. The fourth-order valence-corrected chi connectivity index (χ4v) is 3.54. The van der Waals surface area contributed by atoms with Crippen LogP contribution in [0.4, 0.5) is 5.82 Å². The first-order valence-corrected chi connectivity index (χ1v) is 9.51. The molecule has 1 aliphatic rings. The van der Waals surface area contributed by atoms with Crippen LogP contribution in [-0.2, 0) is 4.74 Å². The summed E-state index contributed by atoms with van der Waals surface area (Å²) in [7, 11) is 0. The Kier molecular flexibility index (Phi) is 5.03. The highest BCUT2D eigenvalue weighted by molar-refractivity contribution is 5.90. The lowest BCUT2D eigenvalue weighted by molar-refractivity contribution is 0.0571. The van der Waals surface area contributed by atoms with Crippen molar-refractivity contribution in [1.29, 1.82) is 0 Å². The highest BCUT2D eigenvalue weighted by atomic mass is 16.5. The van der Waals surface area contributed by atoms with Crippen LogP contribution in [0.3, 0.4) is 0 Å². The van der Waals surface area contributed by atoms with Crippen LogP contribution in [0, 0.1) is 12.8 Å². The van der Waals surface area contributed by atoms with Crippen molar-refractivity contribution in [1.82, 2.24) is 20.1 Å². The minimum Gasteiger partial charge on any atom is -0.381 e. The van der Waals surface area contributed by atoms with E-state index in [0.29, 0.717) is 11.8 Å². The van der Waals surface area contributed by atoms with Gasteiger partial charge in [-0.05, 0) is 37.3 Å². The molecule has 0 radical (unpaired) electrons. The maximum atomic E-state index is 5.64. The first-order chi connectivity index (χ1) is 13.1. The largest absolute Gasteiger partial charge is 0.381 e. The van der Waals surface area contributed by atoms with Crippen LogP contribution in [0.1, 0.15) is 55.9 Å². The van der Waals surface area contributed by atoms with Gasteiger partial charge in [-0.15, -0.1) is 0 Å². The highest BCUT2D eigenvalue weighted by Crippen LogP contribution is 2.34. The van der Waals surface area contributed by atoms with Crippen molar-refractivity contribution in [3.8, 4) is 0 Å². The molecule has 0 amide bonds. The summed E-state index contributed by atoms with van der Waals surface area (Å²) in [4.78, 5) is 13.6. The van der Waals surface area contributed by atoms with Gasteiger partial charge in [0.2, 0.25) is 5.89 Å². The Morgan fingerprint density at radius 2 is 1.96 bits per heavy atom. The summed E-state index contributed by atoms with van der Waals surface area (Å²) in [6.45, 7) is 7.68. The normalized spacial score (nSPS) is 16.7. The van der Waals surface area contributed by atoms with Gasteiger partial charge in [-0.25, -0.2) is 9.97 Å². The average molecular weight is 367 g/mol. The molecule has 1 fully saturated rings. The third kappa shape index (κ3) is 3.64. The molecule has 1 unspecified atom stereocenters. The second-order valence-corrected chi connectivity index (χ2v) is 7.41. The van der Waals surface area contributed by atoms with Gasteiger partial charge in [0, 0.05) is 24.5 Å². The van der Waals surface area contributed by atoms with Gasteiger partial charge in [0.25, 0.3) is 0 Å². The number of aryl methyl sites for hydroxylation is 1. The van der Waals surface area contributed by atoms with E-state index in [1.54, 1.807) is 6.33 Å². The Morgan fingerprint density at radius 1 is 1.15 bits per heavy atom. The van der Waals surface area contributed by atoms with Crippen LogP contribution in [0.2, 0.25) is 0 Å². The molecule has 7 nitrogen and oxygen atoms in total. The van der Waals surface area contributed by atoms with Crippen molar-refractivity contribution in [2.75, 3.05) is 18.5 Å². The van der Waals surface area contributed by atoms with Crippen LogP contribution in [0.25, 0.3) is 10.9 Å². The molecule has 1 atom stereocenters. The Balaban J connectivity index is 1.72. The van der Waals surface area contributed by atoms with Gasteiger partial charge >= 0.3 is 0 Å². The Hall–Kier alpha value is -2.54. The van der Waals surface area contributed by atoms with Crippen molar-refractivity contribution in [3.63, 3.8) is 0 Å². The van der Waals surface area contributed by atoms with Gasteiger partial charge < -0.3 is 14.6 Å². The summed E-state index contributed by atoms with van der Waals surface area (Å²) < 4.78 is 11.2. The van der Waals surface area contributed by atoms with Crippen molar-refractivity contribution in [2.45, 2.75) is 45.6 Å². The van der Waals surface area contributed by atoms with E-state index >= 15 is 0 Å². The molecule has 3 heterocycles. The lowest BCUT2D eigenvalue weighted by Gasteiger charge is -2.29. The minimum absolute atomic E-state index is 0.104. The molecule has 27 heavy (non-hydrogen) atoms. The first-order valence-electron chi connectivity index (χ1n) is 9.51. The molecular formula is C20H25N5O2. The third-order valence-electron chi connectivity index (χ3n) is 5.14. The zero-order valence-electron chi connectivity index (χ0n) is 16.0. The van der Waals surface area contributed by atoms with Crippen molar-refractivity contribution in [2.24, 2.45) is 5.92 Å². The lowest BCUT2D eigenvalue weighted by Crippen LogP contribution is -2.27. The SMILES string of the molecule is Cc1cccc2c(NC(c3nc(C(C)C)no3)C3CCOCC3)ncnc12. The minimum atomic E-state index is -0.104. The molecule has 0 saturated carbocycles. The summed E-state index contributed by atoms with van der Waals surface area (Å²) in [6.07, 6.45) is 3.49. The molecular weight excluding hydrogens is 342 g/mol. The lowest BCUT2D eigenvalue weighted by atomic mass is 9.91. The van der Waals surface area contributed by atoms with Gasteiger partial charge in [-0.3, -0.25) is 0 Å². The third-order valence-corrected chi connectivity index (χ3v) is 5.14. The molecule has 1 aliphatic heterocycles. The molecule has 2 aromatic heterocycles. The number of para-hydroxylation sites is 1. The Bertz CT molecular complexity index is 918. The molecule has 1 N–H and O–H groups in total. The summed E-state index contributed by atoms with van der Waals surface area (Å²) in [5.41, 5.74) is 2.08.